The number of carbonyl (C=O) groups is 1. The number of hydrogen-bond acceptors (Lipinski definition) is 8. The van der Waals surface area contributed by atoms with E-state index in [0.29, 0.717) is 5.22 Å². The summed E-state index contributed by atoms with van der Waals surface area (Å²) in [5, 5.41) is 12.6. The van der Waals surface area contributed by atoms with Crippen molar-refractivity contribution in [2.75, 3.05) is 5.75 Å². The zero-order valence-corrected chi connectivity index (χ0v) is 16.4. The molecule has 0 bridgehead atoms. The molecule has 0 saturated heterocycles. The summed E-state index contributed by atoms with van der Waals surface area (Å²) in [6.07, 6.45) is 6.14. The fourth-order valence-corrected chi connectivity index (χ4v) is 3.93. The first kappa shape index (κ1) is 19.2. The molecular formula is C20H19N5O3S. The van der Waals surface area contributed by atoms with E-state index in [1.165, 1.54) is 24.2 Å². The van der Waals surface area contributed by atoms with E-state index in [1.807, 2.05) is 30.3 Å². The number of ether oxygens (including phenoxy) is 1. The average molecular weight is 409 g/mol. The van der Waals surface area contributed by atoms with Crippen molar-refractivity contribution >= 4 is 28.8 Å². The summed E-state index contributed by atoms with van der Waals surface area (Å²) in [6, 6.07) is 9.62. The van der Waals surface area contributed by atoms with Crippen LogP contribution in [0.5, 0.6) is 5.88 Å². The molecule has 1 saturated carbocycles. The van der Waals surface area contributed by atoms with Crippen LogP contribution in [0.4, 0.5) is 0 Å². The second kappa shape index (κ2) is 8.92. The second-order valence-electron chi connectivity index (χ2n) is 6.72. The van der Waals surface area contributed by atoms with Crippen molar-refractivity contribution in [1.29, 1.82) is 5.26 Å². The Morgan fingerprint density at radius 1 is 1.24 bits per heavy atom. The van der Waals surface area contributed by atoms with Crippen molar-refractivity contribution < 1.29 is 13.9 Å². The number of rotatable bonds is 6. The molecular weight excluding hydrogens is 390 g/mol. The topological polar surface area (TPSA) is 114 Å². The highest BCUT2D eigenvalue weighted by Crippen LogP contribution is 2.25. The lowest BCUT2D eigenvalue weighted by molar-refractivity contribution is -0.119. The maximum atomic E-state index is 12.3. The Labute approximate surface area is 171 Å². The van der Waals surface area contributed by atoms with Crippen LogP contribution < -0.4 is 10.1 Å². The van der Waals surface area contributed by atoms with Crippen LogP contribution in [0.1, 0.15) is 31.4 Å². The van der Waals surface area contributed by atoms with Gasteiger partial charge < -0.3 is 14.5 Å². The predicted molar refractivity (Wildman–Crippen MR) is 106 cm³/mol. The van der Waals surface area contributed by atoms with Crippen molar-refractivity contribution in [1.82, 2.24) is 20.3 Å². The van der Waals surface area contributed by atoms with Gasteiger partial charge in [-0.25, -0.2) is 15.0 Å². The molecule has 2 heterocycles. The Bertz CT molecular complexity index is 1010. The van der Waals surface area contributed by atoms with E-state index < -0.39 is 0 Å². The zero-order valence-electron chi connectivity index (χ0n) is 15.6. The summed E-state index contributed by atoms with van der Waals surface area (Å²) in [6.45, 7) is 0. The lowest BCUT2D eigenvalue weighted by Gasteiger charge is -2.29. The summed E-state index contributed by atoms with van der Waals surface area (Å²) >= 11 is 1.29. The van der Waals surface area contributed by atoms with Crippen LogP contribution in [0.25, 0.3) is 11.1 Å². The number of para-hydroxylation sites is 2. The Kier molecular flexibility index (Phi) is 5.91. The Morgan fingerprint density at radius 3 is 2.83 bits per heavy atom. The highest BCUT2D eigenvalue weighted by Gasteiger charge is 2.25. The highest BCUT2D eigenvalue weighted by atomic mass is 32.2. The van der Waals surface area contributed by atoms with Gasteiger partial charge in [0.2, 0.25) is 11.6 Å². The van der Waals surface area contributed by atoms with E-state index in [2.05, 4.69) is 20.3 Å². The van der Waals surface area contributed by atoms with Gasteiger partial charge in [0, 0.05) is 18.4 Å². The van der Waals surface area contributed by atoms with Crippen LogP contribution in [0.15, 0.2) is 46.3 Å². The van der Waals surface area contributed by atoms with E-state index in [9.17, 15) is 4.79 Å². The van der Waals surface area contributed by atoms with Crippen molar-refractivity contribution in [3.05, 3.63) is 42.4 Å². The van der Waals surface area contributed by atoms with Crippen LogP contribution in [0.2, 0.25) is 0 Å². The molecule has 1 amide bonds. The average Bonchev–Trinajstić information content (AvgIpc) is 3.17. The molecule has 0 spiro atoms. The van der Waals surface area contributed by atoms with Gasteiger partial charge in [-0.3, -0.25) is 4.79 Å². The molecule has 3 aromatic rings. The summed E-state index contributed by atoms with van der Waals surface area (Å²) in [5.41, 5.74) is 1.70. The summed E-state index contributed by atoms with van der Waals surface area (Å²) in [5.74, 6) is 0.494. The smallest absolute Gasteiger partial charge is 0.257 e. The minimum absolute atomic E-state index is 0.0268. The minimum atomic E-state index is -0.0395. The van der Waals surface area contributed by atoms with E-state index in [-0.39, 0.29) is 35.4 Å². The molecule has 1 aliphatic rings. The Balaban J connectivity index is 1.22. The van der Waals surface area contributed by atoms with E-state index >= 15 is 0 Å². The Hall–Kier alpha value is -3.12. The molecule has 148 valence electrons. The molecule has 1 aliphatic carbocycles. The molecule has 0 radical (unpaired) electrons. The zero-order chi connectivity index (χ0) is 20.1. The number of nitrogens with one attached hydrogen (secondary N) is 1. The molecule has 2 aromatic heterocycles. The number of fused-ring (bicyclic) bond motifs is 1. The third kappa shape index (κ3) is 4.84. The van der Waals surface area contributed by atoms with Gasteiger partial charge in [-0.15, -0.1) is 0 Å². The van der Waals surface area contributed by atoms with Gasteiger partial charge in [-0.2, -0.15) is 5.26 Å². The van der Waals surface area contributed by atoms with Crippen molar-refractivity contribution in [2.45, 2.75) is 43.1 Å². The van der Waals surface area contributed by atoms with Crippen LogP contribution in [0.3, 0.4) is 0 Å². The number of carbonyl (C=O) groups excluding carboxylic acids is 1. The number of thioether (sulfide) groups is 1. The minimum Gasteiger partial charge on any atom is -0.472 e. The maximum Gasteiger partial charge on any atom is 0.257 e. The van der Waals surface area contributed by atoms with E-state index in [4.69, 9.17) is 14.4 Å². The fraction of sp³-hybridized carbons (Fsp3) is 0.350. The lowest BCUT2D eigenvalue weighted by atomic mass is 9.93. The first-order valence-electron chi connectivity index (χ1n) is 9.37. The molecule has 29 heavy (non-hydrogen) atoms. The van der Waals surface area contributed by atoms with Crippen molar-refractivity contribution in [3.63, 3.8) is 0 Å². The molecule has 0 aliphatic heterocycles. The molecule has 1 fully saturated rings. The van der Waals surface area contributed by atoms with Crippen LogP contribution in [-0.4, -0.2) is 38.8 Å². The number of hydrogen-bond donors (Lipinski definition) is 1. The molecule has 1 aromatic carbocycles. The number of oxazole rings is 1. The first-order chi connectivity index (χ1) is 14.2. The summed E-state index contributed by atoms with van der Waals surface area (Å²) < 4.78 is 11.5. The van der Waals surface area contributed by atoms with Crippen molar-refractivity contribution in [3.8, 4) is 11.9 Å². The Morgan fingerprint density at radius 2 is 2.03 bits per heavy atom. The van der Waals surface area contributed by atoms with Gasteiger partial charge in [0.25, 0.3) is 11.1 Å². The number of amides is 1. The van der Waals surface area contributed by atoms with Gasteiger partial charge >= 0.3 is 0 Å². The largest absolute Gasteiger partial charge is 0.472 e. The van der Waals surface area contributed by atoms with Gasteiger partial charge in [0.1, 0.15) is 17.7 Å². The number of aromatic nitrogens is 3. The normalized spacial score (nSPS) is 18.9. The van der Waals surface area contributed by atoms with E-state index in [0.717, 1.165) is 36.8 Å². The van der Waals surface area contributed by atoms with Crippen LogP contribution in [-0.2, 0) is 4.79 Å². The van der Waals surface area contributed by atoms with Crippen LogP contribution in [0, 0.1) is 11.3 Å². The van der Waals surface area contributed by atoms with Gasteiger partial charge in [0.15, 0.2) is 5.58 Å². The monoisotopic (exact) mass is 409 g/mol. The second-order valence-corrected chi connectivity index (χ2v) is 7.64. The van der Waals surface area contributed by atoms with E-state index in [1.54, 1.807) is 0 Å². The quantitative estimate of drug-likeness (QED) is 0.618. The van der Waals surface area contributed by atoms with Gasteiger partial charge in [0.05, 0.1) is 5.75 Å². The summed E-state index contributed by atoms with van der Waals surface area (Å²) in [7, 11) is 0. The highest BCUT2D eigenvalue weighted by molar-refractivity contribution is 7.99. The van der Waals surface area contributed by atoms with Gasteiger partial charge in [-0.1, -0.05) is 23.9 Å². The lowest BCUT2D eigenvalue weighted by Crippen LogP contribution is -2.40. The van der Waals surface area contributed by atoms with Crippen molar-refractivity contribution in [2.24, 2.45) is 0 Å². The summed E-state index contributed by atoms with van der Waals surface area (Å²) in [4.78, 5) is 24.7. The number of nitriles is 1. The number of nitrogens with zero attached hydrogens (tertiary/aromatic N) is 4. The third-order valence-electron chi connectivity index (χ3n) is 4.69. The fourth-order valence-electron chi connectivity index (χ4n) is 3.28. The first-order valence-corrected chi connectivity index (χ1v) is 10.4. The predicted octanol–water partition coefficient (Wildman–Crippen LogP) is 3.09. The molecule has 0 atom stereocenters. The molecule has 8 nitrogen and oxygen atoms in total. The third-order valence-corrected chi connectivity index (χ3v) is 5.52. The van der Waals surface area contributed by atoms with Crippen LogP contribution >= 0.6 is 11.8 Å². The molecule has 1 N–H and O–H groups in total. The molecule has 4 rings (SSSR count). The van der Waals surface area contributed by atoms with Gasteiger partial charge in [-0.05, 0) is 37.8 Å². The number of benzene rings is 1. The maximum absolute atomic E-state index is 12.3. The SMILES string of the molecule is N#Cc1nccnc1OC1CCC(NC(=O)CSc2nc3ccccc3o2)CC1. The standard InChI is InChI=1S/C20H19N5O3S/c21-11-16-19(23-10-9-22-16)27-14-7-5-13(6-8-14)24-18(26)12-29-20-25-15-3-1-2-4-17(15)28-20/h1-4,9-10,13-14H,5-8,12H2,(H,24,26). The molecule has 9 heteroatoms. The molecule has 0 unspecified atom stereocenters.